The fourth-order valence-electron chi connectivity index (χ4n) is 2.77. The largest absolute Gasteiger partial charge is 0.444 e. The van der Waals surface area contributed by atoms with Crippen LogP contribution in [0.1, 0.15) is 20.8 Å². The second-order valence-corrected chi connectivity index (χ2v) is 7.39. The summed E-state index contributed by atoms with van der Waals surface area (Å²) in [7, 11) is 0. The van der Waals surface area contributed by atoms with Crippen molar-refractivity contribution < 1.29 is 14.3 Å². The summed E-state index contributed by atoms with van der Waals surface area (Å²) in [6, 6.07) is 9.14. The zero-order valence-electron chi connectivity index (χ0n) is 15.9. The summed E-state index contributed by atoms with van der Waals surface area (Å²) < 4.78 is 7.11. The van der Waals surface area contributed by atoms with Crippen LogP contribution < -0.4 is 5.32 Å². The molecule has 1 aromatic heterocycles. The molecule has 1 saturated heterocycles. The molecule has 0 radical (unpaired) electrons. The van der Waals surface area contributed by atoms with Crippen LogP contribution >= 0.6 is 0 Å². The average molecular weight is 371 g/mol. The number of nitrogens with zero attached hydrogens (tertiary/aromatic N) is 4. The number of carbonyl (C=O) groups excluding carboxylic acids is 2. The molecule has 0 bridgehead atoms. The maximum atomic E-state index is 12.5. The van der Waals surface area contributed by atoms with Crippen LogP contribution in [0.3, 0.4) is 0 Å². The summed E-state index contributed by atoms with van der Waals surface area (Å²) in [4.78, 5) is 28.0. The highest BCUT2D eigenvalue weighted by Gasteiger charge is 2.27. The van der Waals surface area contributed by atoms with Gasteiger partial charge in [0.05, 0.1) is 5.69 Å². The van der Waals surface area contributed by atoms with Crippen molar-refractivity contribution >= 4 is 17.8 Å². The van der Waals surface area contributed by atoms with Gasteiger partial charge in [-0.25, -0.2) is 14.3 Å². The molecule has 1 N–H and O–H groups in total. The van der Waals surface area contributed by atoms with E-state index in [4.69, 9.17) is 4.74 Å². The Balaban J connectivity index is 1.54. The van der Waals surface area contributed by atoms with Gasteiger partial charge >= 0.3 is 12.1 Å². The molecule has 2 aromatic rings. The lowest BCUT2D eigenvalue weighted by Crippen LogP contribution is -2.52. The van der Waals surface area contributed by atoms with Crippen LogP contribution in [-0.2, 0) is 4.74 Å². The highest BCUT2D eigenvalue weighted by molar-refractivity contribution is 5.89. The second-order valence-electron chi connectivity index (χ2n) is 7.39. The van der Waals surface area contributed by atoms with Gasteiger partial charge in [-0.05, 0) is 45.0 Å². The molecule has 0 spiro atoms. The van der Waals surface area contributed by atoms with Crippen LogP contribution in [0.2, 0.25) is 0 Å². The fraction of sp³-hybridized carbons (Fsp3) is 0.421. The van der Waals surface area contributed by atoms with Gasteiger partial charge in [0.1, 0.15) is 5.60 Å². The summed E-state index contributed by atoms with van der Waals surface area (Å²) in [6.07, 6.45) is 3.21. The van der Waals surface area contributed by atoms with Crippen LogP contribution in [0.15, 0.2) is 42.7 Å². The Morgan fingerprint density at radius 3 is 2.41 bits per heavy atom. The standard InChI is InChI=1S/C19H25N5O3/c1-19(2,3)27-18(26)23-12-10-22(11-13-23)17(25)21-15-6-4-7-16(14-15)24-9-5-8-20-24/h4-9,14H,10-13H2,1-3H3,(H,21,25). The van der Waals surface area contributed by atoms with Crippen molar-refractivity contribution in [2.45, 2.75) is 26.4 Å². The zero-order valence-corrected chi connectivity index (χ0v) is 15.9. The van der Waals surface area contributed by atoms with E-state index in [0.717, 1.165) is 5.69 Å². The molecule has 1 aromatic carbocycles. The quantitative estimate of drug-likeness (QED) is 0.880. The summed E-state index contributed by atoms with van der Waals surface area (Å²) in [5, 5.41) is 7.10. The molecular weight excluding hydrogens is 346 g/mol. The molecular formula is C19H25N5O3. The summed E-state index contributed by atoms with van der Waals surface area (Å²) >= 11 is 0. The van der Waals surface area contributed by atoms with Gasteiger partial charge in [-0.3, -0.25) is 0 Å². The van der Waals surface area contributed by atoms with E-state index in [0.29, 0.717) is 31.9 Å². The number of rotatable bonds is 2. The Hall–Kier alpha value is -3.03. The number of ether oxygens (including phenoxy) is 1. The number of hydrogen-bond donors (Lipinski definition) is 1. The molecule has 0 saturated carbocycles. The van der Waals surface area contributed by atoms with E-state index < -0.39 is 5.60 Å². The van der Waals surface area contributed by atoms with Crippen LogP contribution in [-0.4, -0.2) is 63.5 Å². The molecule has 1 fully saturated rings. The van der Waals surface area contributed by atoms with Gasteiger partial charge in [-0.15, -0.1) is 0 Å². The number of anilines is 1. The molecule has 3 amide bonds. The van der Waals surface area contributed by atoms with Gasteiger partial charge in [0, 0.05) is 44.3 Å². The lowest BCUT2D eigenvalue weighted by atomic mass is 10.2. The highest BCUT2D eigenvalue weighted by atomic mass is 16.6. The number of benzene rings is 1. The molecule has 3 rings (SSSR count). The van der Waals surface area contributed by atoms with E-state index in [9.17, 15) is 9.59 Å². The van der Waals surface area contributed by atoms with Crippen molar-refractivity contribution in [2.75, 3.05) is 31.5 Å². The van der Waals surface area contributed by atoms with Crippen LogP contribution in [0.25, 0.3) is 5.69 Å². The first-order valence-electron chi connectivity index (χ1n) is 8.96. The molecule has 27 heavy (non-hydrogen) atoms. The van der Waals surface area contributed by atoms with Gasteiger partial charge in [0.2, 0.25) is 0 Å². The van der Waals surface area contributed by atoms with E-state index in [2.05, 4.69) is 10.4 Å². The lowest BCUT2D eigenvalue weighted by Gasteiger charge is -2.35. The zero-order chi connectivity index (χ0) is 19.4. The maximum Gasteiger partial charge on any atom is 0.410 e. The second kappa shape index (κ2) is 7.69. The topological polar surface area (TPSA) is 79.7 Å². The monoisotopic (exact) mass is 371 g/mol. The SMILES string of the molecule is CC(C)(C)OC(=O)N1CCN(C(=O)Nc2cccc(-n3cccn3)c2)CC1. The van der Waals surface area contributed by atoms with Gasteiger partial charge < -0.3 is 19.9 Å². The van der Waals surface area contributed by atoms with E-state index >= 15 is 0 Å². The van der Waals surface area contributed by atoms with Gasteiger partial charge in [-0.2, -0.15) is 5.10 Å². The number of hydrogen-bond acceptors (Lipinski definition) is 4. The lowest BCUT2D eigenvalue weighted by molar-refractivity contribution is 0.0174. The molecule has 0 unspecified atom stereocenters. The molecule has 0 atom stereocenters. The summed E-state index contributed by atoms with van der Waals surface area (Å²) in [5.41, 5.74) is 1.04. The summed E-state index contributed by atoms with van der Waals surface area (Å²) in [6.45, 7) is 7.35. The molecule has 1 aliphatic rings. The number of nitrogens with one attached hydrogen (secondary N) is 1. The third-order valence-corrected chi connectivity index (χ3v) is 4.08. The van der Waals surface area contributed by atoms with Gasteiger partial charge in [-0.1, -0.05) is 6.07 Å². The molecule has 2 heterocycles. The smallest absolute Gasteiger partial charge is 0.410 e. The Labute approximate surface area is 158 Å². The predicted molar refractivity (Wildman–Crippen MR) is 102 cm³/mol. The van der Waals surface area contributed by atoms with Crippen LogP contribution in [0, 0.1) is 0 Å². The first-order valence-corrected chi connectivity index (χ1v) is 8.96. The number of carbonyl (C=O) groups is 2. The minimum atomic E-state index is -0.523. The van der Waals surface area contributed by atoms with E-state index in [1.807, 2.05) is 57.3 Å². The Morgan fingerprint density at radius 2 is 1.78 bits per heavy atom. The Morgan fingerprint density at radius 1 is 1.07 bits per heavy atom. The molecule has 8 heteroatoms. The van der Waals surface area contributed by atoms with E-state index in [1.165, 1.54) is 0 Å². The van der Waals surface area contributed by atoms with Crippen molar-refractivity contribution in [3.05, 3.63) is 42.7 Å². The van der Waals surface area contributed by atoms with E-state index in [1.54, 1.807) is 20.7 Å². The van der Waals surface area contributed by atoms with Crippen LogP contribution in [0.5, 0.6) is 0 Å². The number of urea groups is 1. The highest BCUT2D eigenvalue weighted by Crippen LogP contribution is 2.16. The third kappa shape index (κ3) is 4.99. The van der Waals surface area contributed by atoms with Crippen molar-refractivity contribution in [3.8, 4) is 5.69 Å². The average Bonchev–Trinajstić information content (AvgIpc) is 3.15. The summed E-state index contributed by atoms with van der Waals surface area (Å²) in [5.74, 6) is 0. The van der Waals surface area contributed by atoms with Crippen molar-refractivity contribution in [1.82, 2.24) is 19.6 Å². The van der Waals surface area contributed by atoms with Crippen molar-refractivity contribution in [2.24, 2.45) is 0 Å². The fourth-order valence-corrected chi connectivity index (χ4v) is 2.77. The van der Waals surface area contributed by atoms with Gasteiger partial charge in [0.25, 0.3) is 0 Å². The number of amides is 3. The minimum absolute atomic E-state index is 0.184. The number of piperazine rings is 1. The molecule has 144 valence electrons. The maximum absolute atomic E-state index is 12.5. The van der Waals surface area contributed by atoms with Crippen molar-refractivity contribution in [3.63, 3.8) is 0 Å². The Bertz CT molecular complexity index is 790. The Kier molecular flexibility index (Phi) is 5.34. The van der Waals surface area contributed by atoms with Crippen molar-refractivity contribution in [1.29, 1.82) is 0 Å². The normalized spacial score (nSPS) is 14.8. The minimum Gasteiger partial charge on any atom is -0.444 e. The first-order chi connectivity index (χ1) is 12.8. The molecule has 0 aliphatic carbocycles. The molecule has 8 nitrogen and oxygen atoms in total. The van der Waals surface area contributed by atoms with E-state index in [-0.39, 0.29) is 12.1 Å². The van der Waals surface area contributed by atoms with Crippen LogP contribution in [0.4, 0.5) is 15.3 Å². The first kappa shape index (κ1) is 18.8. The molecule has 1 aliphatic heterocycles. The predicted octanol–water partition coefficient (Wildman–Crippen LogP) is 2.96. The third-order valence-electron chi connectivity index (χ3n) is 4.08. The van der Waals surface area contributed by atoms with Gasteiger partial charge in [0.15, 0.2) is 0 Å². The number of aromatic nitrogens is 2.